The maximum absolute atomic E-state index is 5.90. The molecule has 26 heavy (non-hydrogen) atoms. The lowest BCUT2D eigenvalue weighted by atomic mass is 10.1. The minimum atomic E-state index is 0.534. The Morgan fingerprint density at radius 2 is 1.73 bits per heavy atom. The fraction of sp³-hybridized carbons (Fsp3) is 0.136. The monoisotopic (exact) mass is 344 g/mol. The molecule has 0 saturated heterocycles. The summed E-state index contributed by atoms with van der Waals surface area (Å²) in [5, 5.41) is 1.10. The van der Waals surface area contributed by atoms with Crippen molar-refractivity contribution in [2.45, 2.75) is 13.2 Å². The van der Waals surface area contributed by atoms with Gasteiger partial charge in [-0.1, -0.05) is 42.5 Å². The highest BCUT2D eigenvalue weighted by molar-refractivity contribution is 5.84. The average Bonchev–Trinajstić information content (AvgIpc) is 3.11. The van der Waals surface area contributed by atoms with Crippen LogP contribution >= 0.6 is 0 Å². The molecule has 2 aromatic carbocycles. The highest BCUT2D eigenvalue weighted by atomic mass is 16.5. The summed E-state index contributed by atoms with van der Waals surface area (Å²) in [7, 11) is 1.67. The van der Waals surface area contributed by atoms with Crippen molar-refractivity contribution in [1.82, 2.24) is 9.97 Å². The molecule has 130 valence electrons. The van der Waals surface area contributed by atoms with Crippen LogP contribution in [-0.2, 0) is 18.0 Å². The Bertz CT molecular complexity index is 992. The van der Waals surface area contributed by atoms with Crippen LogP contribution in [0.2, 0.25) is 0 Å². The number of pyridine rings is 1. The predicted molar refractivity (Wildman–Crippen MR) is 103 cm³/mol. The number of aromatic amines is 1. The van der Waals surface area contributed by atoms with E-state index in [1.807, 2.05) is 54.9 Å². The molecule has 4 nitrogen and oxygen atoms in total. The van der Waals surface area contributed by atoms with Crippen LogP contribution in [0.4, 0.5) is 0 Å². The van der Waals surface area contributed by atoms with Gasteiger partial charge in [0.25, 0.3) is 0 Å². The molecule has 4 aromatic rings. The second-order valence-corrected chi connectivity index (χ2v) is 6.14. The van der Waals surface area contributed by atoms with E-state index in [9.17, 15) is 0 Å². The molecule has 4 rings (SSSR count). The van der Waals surface area contributed by atoms with Gasteiger partial charge in [-0.05, 0) is 29.3 Å². The van der Waals surface area contributed by atoms with Crippen LogP contribution in [0.5, 0.6) is 5.75 Å². The van der Waals surface area contributed by atoms with Gasteiger partial charge in [0.05, 0.1) is 20.3 Å². The molecule has 0 amide bonds. The van der Waals surface area contributed by atoms with E-state index in [0.717, 1.165) is 39.0 Å². The van der Waals surface area contributed by atoms with Gasteiger partial charge in [0, 0.05) is 28.9 Å². The van der Waals surface area contributed by atoms with Gasteiger partial charge >= 0.3 is 0 Å². The number of nitrogens with one attached hydrogen (secondary N) is 1. The quantitative estimate of drug-likeness (QED) is 0.538. The number of hydrogen-bond acceptors (Lipinski definition) is 3. The number of benzene rings is 2. The topological polar surface area (TPSA) is 47.1 Å². The van der Waals surface area contributed by atoms with Gasteiger partial charge in [-0.15, -0.1) is 0 Å². The molecule has 0 radical (unpaired) electrons. The van der Waals surface area contributed by atoms with Crippen molar-refractivity contribution < 1.29 is 9.47 Å². The lowest BCUT2D eigenvalue weighted by Crippen LogP contribution is -1.94. The van der Waals surface area contributed by atoms with Crippen LogP contribution in [0.3, 0.4) is 0 Å². The zero-order chi connectivity index (χ0) is 17.8. The third-order valence-electron chi connectivity index (χ3n) is 4.41. The van der Waals surface area contributed by atoms with Crippen LogP contribution in [0.1, 0.15) is 11.1 Å². The number of fused-ring (bicyclic) bond motifs is 1. The second kappa shape index (κ2) is 7.42. The molecule has 0 aliphatic rings. The minimum absolute atomic E-state index is 0.534. The molecule has 0 bridgehead atoms. The Morgan fingerprint density at radius 1 is 0.923 bits per heavy atom. The zero-order valence-electron chi connectivity index (χ0n) is 14.6. The number of rotatable bonds is 6. The Balaban J connectivity index is 1.49. The summed E-state index contributed by atoms with van der Waals surface area (Å²) in [5.74, 6) is 0.852. The Labute approximate surface area is 152 Å². The van der Waals surface area contributed by atoms with Crippen LogP contribution in [0.25, 0.3) is 22.2 Å². The first-order valence-corrected chi connectivity index (χ1v) is 8.55. The Hall–Kier alpha value is -3.11. The van der Waals surface area contributed by atoms with Crippen molar-refractivity contribution in [2.24, 2.45) is 0 Å². The number of H-pyrrole nitrogens is 1. The van der Waals surface area contributed by atoms with Crippen LogP contribution in [-0.4, -0.2) is 17.1 Å². The van der Waals surface area contributed by atoms with Crippen molar-refractivity contribution in [3.8, 4) is 16.9 Å². The van der Waals surface area contributed by atoms with E-state index in [1.165, 1.54) is 0 Å². The smallest absolute Gasteiger partial charge is 0.137 e. The lowest BCUT2D eigenvalue weighted by molar-refractivity contribution is 0.108. The fourth-order valence-corrected chi connectivity index (χ4v) is 2.97. The molecule has 0 aliphatic heterocycles. The standard InChI is InChI=1S/C22H20N2O2/c1-25-20-9-7-16(8-10-20)14-26-15-19-13-24-22-21(19)11-18(12-23-22)17-5-3-2-4-6-17/h2-13H,14-15H2,1H3,(H,23,24). The van der Waals surface area contributed by atoms with Crippen LogP contribution in [0, 0.1) is 0 Å². The summed E-state index contributed by atoms with van der Waals surface area (Å²) in [6.07, 6.45) is 3.87. The number of methoxy groups -OCH3 is 1. The summed E-state index contributed by atoms with van der Waals surface area (Å²) in [6, 6.07) is 20.4. The van der Waals surface area contributed by atoms with E-state index in [-0.39, 0.29) is 0 Å². The van der Waals surface area contributed by atoms with Gasteiger partial charge in [-0.3, -0.25) is 0 Å². The number of hydrogen-bond donors (Lipinski definition) is 1. The Morgan fingerprint density at radius 3 is 2.50 bits per heavy atom. The second-order valence-electron chi connectivity index (χ2n) is 6.14. The van der Waals surface area contributed by atoms with Gasteiger partial charge in [0.2, 0.25) is 0 Å². The highest BCUT2D eigenvalue weighted by Crippen LogP contribution is 2.25. The van der Waals surface area contributed by atoms with Gasteiger partial charge in [0.15, 0.2) is 0 Å². The van der Waals surface area contributed by atoms with Gasteiger partial charge < -0.3 is 14.5 Å². The SMILES string of the molecule is COc1ccc(COCc2c[nH]c3ncc(-c4ccccc4)cc23)cc1. The maximum Gasteiger partial charge on any atom is 0.137 e. The molecule has 0 fully saturated rings. The zero-order valence-corrected chi connectivity index (χ0v) is 14.6. The summed E-state index contributed by atoms with van der Waals surface area (Å²) in [4.78, 5) is 7.76. The van der Waals surface area contributed by atoms with Gasteiger partial charge in [0.1, 0.15) is 11.4 Å². The number of aromatic nitrogens is 2. The first-order chi connectivity index (χ1) is 12.8. The Kier molecular flexibility index (Phi) is 4.67. The van der Waals surface area contributed by atoms with Crippen molar-refractivity contribution in [3.05, 3.63) is 84.2 Å². The molecule has 4 heteroatoms. The fourth-order valence-electron chi connectivity index (χ4n) is 2.97. The van der Waals surface area contributed by atoms with Crippen LogP contribution in [0.15, 0.2) is 73.1 Å². The van der Waals surface area contributed by atoms with E-state index >= 15 is 0 Å². The van der Waals surface area contributed by atoms with Crippen molar-refractivity contribution in [1.29, 1.82) is 0 Å². The molecule has 0 saturated carbocycles. The van der Waals surface area contributed by atoms with E-state index in [2.05, 4.69) is 28.2 Å². The maximum atomic E-state index is 5.90. The third-order valence-corrected chi connectivity index (χ3v) is 4.41. The van der Waals surface area contributed by atoms with Gasteiger partial charge in [-0.2, -0.15) is 0 Å². The third kappa shape index (κ3) is 3.46. The molecule has 2 heterocycles. The molecule has 0 atom stereocenters. The lowest BCUT2D eigenvalue weighted by Gasteiger charge is -2.06. The minimum Gasteiger partial charge on any atom is -0.497 e. The van der Waals surface area contributed by atoms with Crippen LogP contribution < -0.4 is 4.74 Å². The summed E-state index contributed by atoms with van der Waals surface area (Å²) in [6.45, 7) is 1.09. The van der Waals surface area contributed by atoms with E-state index in [4.69, 9.17) is 9.47 Å². The molecule has 2 aromatic heterocycles. The first-order valence-electron chi connectivity index (χ1n) is 8.55. The summed E-state index contributed by atoms with van der Waals surface area (Å²) < 4.78 is 11.1. The summed E-state index contributed by atoms with van der Waals surface area (Å²) in [5.41, 5.74) is 5.38. The highest BCUT2D eigenvalue weighted by Gasteiger charge is 2.07. The normalized spacial score (nSPS) is 11.0. The predicted octanol–water partition coefficient (Wildman–Crippen LogP) is 4.96. The van der Waals surface area contributed by atoms with Crippen molar-refractivity contribution in [3.63, 3.8) is 0 Å². The molecule has 0 aliphatic carbocycles. The summed E-state index contributed by atoms with van der Waals surface area (Å²) >= 11 is 0. The van der Waals surface area contributed by atoms with E-state index in [1.54, 1.807) is 7.11 Å². The average molecular weight is 344 g/mol. The first kappa shape index (κ1) is 16.4. The largest absolute Gasteiger partial charge is 0.497 e. The molecule has 0 unspecified atom stereocenters. The van der Waals surface area contributed by atoms with Crippen molar-refractivity contribution >= 4 is 11.0 Å². The number of ether oxygens (including phenoxy) is 2. The van der Waals surface area contributed by atoms with Gasteiger partial charge in [-0.25, -0.2) is 4.98 Å². The molecular weight excluding hydrogens is 324 g/mol. The molecular formula is C22H20N2O2. The molecule has 0 spiro atoms. The van der Waals surface area contributed by atoms with E-state index in [0.29, 0.717) is 13.2 Å². The van der Waals surface area contributed by atoms with Crippen molar-refractivity contribution in [2.75, 3.05) is 7.11 Å². The molecule has 1 N–H and O–H groups in total. The van der Waals surface area contributed by atoms with E-state index < -0.39 is 0 Å². The number of nitrogens with zero attached hydrogens (tertiary/aromatic N) is 1.